The zero-order chi connectivity index (χ0) is 25.3. The maximum Gasteiger partial charge on any atom is 0.433 e. The molecule has 0 unspecified atom stereocenters. The Morgan fingerprint density at radius 3 is 2.57 bits per heavy atom. The van der Waals surface area contributed by atoms with E-state index in [0.29, 0.717) is 5.56 Å². The topological polar surface area (TPSA) is 116 Å². The van der Waals surface area contributed by atoms with E-state index in [-0.39, 0.29) is 33.3 Å². The Morgan fingerprint density at radius 2 is 1.91 bits per heavy atom. The van der Waals surface area contributed by atoms with Crippen molar-refractivity contribution in [2.45, 2.75) is 29.9 Å². The smallest absolute Gasteiger partial charge is 0.433 e. The number of aromatic nitrogens is 6. The molecule has 4 aromatic rings. The number of hydrogen-bond donors (Lipinski definition) is 1. The van der Waals surface area contributed by atoms with Gasteiger partial charge in [-0.25, -0.2) is 9.67 Å². The molecule has 0 radical (unpaired) electrons. The molecule has 35 heavy (non-hydrogen) atoms. The van der Waals surface area contributed by atoms with E-state index in [2.05, 4.69) is 20.3 Å². The number of rotatable bonds is 8. The van der Waals surface area contributed by atoms with Crippen LogP contribution in [0.4, 0.5) is 13.2 Å². The third kappa shape index (κ3) is 5.27. The van der Waals surface area contributed by atoms with E-state index in [1.54, 1.807) is 37.4 Å². The van der Waals surface area contributed by atoms with E-state index in [1.165, 1.54) is 16.9 Å². The van der Waals surface area contributed by atoms with Gasteiger partial charge >= 0.3 is 12.1 Å². The minimum absolute atomic E-state index is 0.000590. The molecule has 1 aromatic carbocycles. The monoisotopic (exact) mass is 522 g/mol. The minimum Gasteiger partial charge on any atom is -0.481 e. The molecule has 3 heterocycles. The van der Waals surface area contributed by atoms with Crippen molar-refractivity contribution in [3.05, 3.63) is 58.7 Å². The first kappa shape index (κ1) is 24.6. The lowest BCUT2D eigenvalue weighted by Gasteiger charge is -2.13. The molecule has 9 nitrogen and oxygen atoms in total. The third-order valence-corrected chi connectivity index (χ3v) is 6.87. The second-order valence-corrected chi connectivity index (χ2v) is 9.40. The largest absolute Gasteiger partial charge is 0.481 e. The summed E-state index contributed by atoms with van der Waals surface area (Å²) in [5, 5.41) is 22.1. The summed E-state index contributed by atoms with van der Waals surface area (Å²) < 4.78 is 42.3. The van der Waals surface area contributed by atoms with Crippen LogP contribution in [0.2, 0.25) is 0 Å². The first-order chi connectivity index (χ1) is 16.5. The number of halogens is 3. The highest BCUT2D eigenvalue weighted by Crippen LogP contribution is 2.34. The first-order valence-corrected chi connectivity index (χ1v) is 11.8. The molecule has 4 rings (SSSR count). The number of carbonyl (C=O) groups is 2. The van der Waals surface area contributed by atoms with Crippen LogP contribution in [0.25, 0.3) is 16.6 Å². The molecule has 0 bridgehead atoms. The Bertz CT molecular complexity index is 1380. The number of thiazole rings is 1. The number of carboxylic acid groups (broad SMARTS) is 1. The normalized spacial score (nSPS) is 12.6. The maximum atomic E-state index is 13.4. The molecule has 0 saturated carbocycles. The van der Waals surface area contributed by atoms with Crippen LogP contribution in [-0.4, -0.2) is 51.6 Å². The number of aryl methyl sites for hydroxylation is 1. The Balaban J connectivity index is 1.62. The number of carbonyl (C=O) groups excluding carboxylic acids is 1. The van der Waals surface area contributed by atoms with E-state index in [9.17, 15) is 27.9 Å². The van der Waals surface area contributed by atoms with Gasteiger partial charge in [-0.2, -0.15) is 18.3 Å². The maximum absolute atomic E-state index is 13.4. The second-order valence-electron chi connectivity index (χ2n) is 7.40. The van der Waals surface area contributed by atoms with Crippen LogP contribution in [0.5, 0.6) is 0 Å². The fourth-order valence-corrected chi connectivity index (χ4v) is 5.04. The summed E-state index contributed by atoms with van der Waals surface area (Å²) in [4.78, 5) is 28.5. The first-order valence-electron chi connectivity index (χ1n) is 10.0. The summed E-state index contributed by atoms with van der Waals surface area (Å²) in [6, 6.07) is 9.24. The molecule has 1 N–H and O–H groups in total. The van der Waals surface area contributed by atoms with Crippen LogP contribution in [-0.2, 0) is 18.0 Å². The molecule has 0 saturated heterocycles. The van der Waals surface area contributed by atoms with Crippen molar-refractivity contribution in [1.82, 2.24) is 29.5 Å². The molecule has 0 aliphatic carbocycles. The molecule has 1 atom stereocenters. The van der Waals surface area contributed by atoms with Gasteiger partial charge in [-0.3, -0.25) is 9.59 Å². The van der Waals surface area contributed by atoms with Crippen LogP contribution in [0.15, 0.2) is 46.9 Å². The second kappa shape index (κ2) is 9.62. The lowest BCUT2D eigenvalue weighted by Crippen LogP contribution is -2.21. The Hall–Kier alpha value is -3.52. The number of benzene rings is 1. The van der Waals surface area contributed by atoms with Gasteiger partial charge in [-0.15, -0.1) is 21.5 Å². The van der Waals surface area contributed by atoms with Gasteiger partial charge in [-0.1, -0.05) is 42.1 Å². The van der Waals surface area contributed by atoms with Crippen molar-refractivity contribution in [3.8, 4) is 16.6 Å². The predicted molar refractivity (Wildman–Crippen MR) is 122 cm³/mol. The Kier molecular flexibility index (Phi) is 6.76. The molecule has 0 amide bonds. The van der Waals surface area contributed by atoms with Crippen molar-refractivity contribution < 1.29 is 27.9 Å². The fraction of sp³-hybridized carbons (Fsp3) is 0.238. The van der Waals surface area contributed by atoms with Crippen LogP contribution in [0.3, 0.4) is 0 Å². The molecular weight excluding hydrogens is 505 g/mol. The van der Waals surface area contributed by atoms with Crippen molar-refractivity contribution in [2.75, 3.05) is 0 Å². The molecule has 14 heteroatoms. The molecule has 0 spiro atoms. The molecule has 0 aliphatic rings. The van der Waals surface area contributed by atoms with Gasteiger partial charge in [0.15, 0.2) is 22.5 Å². The average molecular weight is 523 g/mol. The summed E-state index contributed by atoms with van der Waals surface area (Å²) in [6.45, 7) is 1.46. The number of carboxylic acids is 1. The SMILES string of the molecule is Cc1cc(C(F)(F)F)n(-c2nc(-c3nnc(S[C@H](CC(=O)O)C(=O)c4ccccc4)n3C)cs2)n1. The van der Waals surface area contributed by atoms with Gasteiger partial charge in [-0.05, 0) is 13.0 Å². The van der Waals surface area contributed by atoms with E-state index in [1.807, 2.05) is 0 Å². The summed E-state index contributed by atoms with van der Waals surface area (Å²) >= 11 is 1.90. The highest BCUT2D eigenvalue weighted by molar-refractivity contribution is 8.00. The number of Topliss-reactive ketones (excluding diaryl/α,β-unsaturated/α-hetero) is 1. The molecule has 0 aliphatic heterocycles. The van der Waals surface area contributed by atoms with E-state index >= 15 is 0 Å². The number of alkyl halides is 3. The van der Waals surface area contributed by atoms with E-state index in [0.717, 1.165) is 33.8 Å². The van der Waals surface area contributed by atoms with Gasteiger partial charge in [0.2, 0.25) is 5.13 Å². The quantitative estimate of drug-likeness (QED) is 0.269. The molecule has 0 fully saturated rings. The summed E-state index contributed by atoms with van der Waals surface area (Å²) in [7, 11) is 1.60. The number of aliphatic carboxylic acids is 1. The van der Waals surface area contributed by atoms with Crippen molar-refractivity contribution in [3.63, 3.8) is 0 Å². The number of ketones is 1. The van der Waals surface area contributed by atoms with E-state index in [4.69, 9.17) is 0 Å². The van der Waals surface area contributed by atoms with Gasteiger partial charge in [0, 0.05) is 18.0 Å². The zero-order valence-corrected chi connectivity index (χ0v) is 19.9. The van der Waals surface area contributed by atoms with E-state index < -0.39 is 29.5 Å². The molecule has 3 aromatic heterocycles. The zero-order valence-electron chi connectivity index (χ0n) is 18.2. The summed E-state index contributed by atoms with van der Waals surface area (Å²) in [5.41, 5.74) is -0.120. The van der Waals surface area contributed by atoms with Crippen molar-refractivity contribution in [1.29, 1.82) is 0 Å². The lowest BCUT2D eigenvalue weighted by atomic mass is 10.1. The van der Waals surface area contributed by atoms with Crippen LogP contribution in [0, 0.1) is 6.92 Å². The van der Waals surface area contributed by atoms with Crippen molar-refractivity contribution >= 4 is 34.9 Å². The fourth-order valence-electron chi connectivity index (χ4n) is 3.21. The molecule has 182 valence electrons. The lowest BCUT2D eigenvalue weighted by molar-refractivity contribution is -0.142. The Labute approximate surface area is 204 Å². The standard InChI is InChI=1S/C21H17F3N6O3S2/c1-11-8-15(21(22,23)24)30(28-11)19-25-13(10-34-19)18-26-27-20(29(18)2)35-14(9-16(31)32)17(33)12-6-4-3-5-7-12/h3-8,10,14H,9H2,1-2H3,(H,31,32)/t14-/m1/s1. The van der Waals surface area contributed by atoms with Crippen LogP contribution >= 0.6 is 23.1 Å². The summed E-state index contributed by atoms with van der Waals surface area (Å²) in [5.74, 6) is -1.27. The number of thioether (sulfide) groups is 1. The predicted octanol–water partition coefficient (Wildman–Crippen LogP) is 4.27. The summed E-state index contributed by atoms with van der Waals surface area (Å²) in [6.07, 6.45) is -5.04. The van der Waals surface area contributed by atoms with Crippen molar-refractivity contribution in [2.24, 2.45) is 7.05 Å². The minimum atomic E-state index is -4.61. The van der Waals surface area contributed by atoms with Gasteiger partial charge in [0.1, 0.15) is 5.69 Å². The molecular formula is C21H17F3N6O3S2. The third-order valence-electron chi connectivity index (χ3n) is 4.82. The van der Waals surface area contributed by atoms with Gasteiger partial charge in [0.05, 0.1) is 17.4 Å². The Morgan fingerprint density at radius 1 is 1.20 bits per heavy atom. The number of nitrogens with zero attached hydrogens (tertiary/aromatic N) is 6. The van der Waals surface area contributed by atoms with Crippen LogP contribution in [0.1, 0.15) is 28.2 Å². The van der Waals surface area contributed by atoms with Gasteiger partial charge in [0.25, 0.3) is 0 Å². The van der Waals surface area contributed by atoms with Gasteiger partial charge < -0.3 is 9.67 Å². The number of hydrogen-bond acceptors (Lipinski definition) is 8. The average Bonchev–Trinajstić information content (AvgIpc) is 3.52. The highest BCUT2D eigenvalue weighted by atomic mass is 32.2. The highest BCUT2D eigenvalue weighted by Gasteiger charge is 2.36. The van der Waals surface area contributed by atoms with Crippen LogP contribution < -0.4 is 0 Å².